The Bertz CT molecular complexity index is 521. The third-order valence-corrected chi connectivity index (χ3v) is 3.67. The maximum Gasteiger partial charge on any atom is 0.225 e. The highest BCUT2D eigenvalue weighted by atomic mass is 32.1. The van der Waals surface area contributed by atoms with Gasteiger partial charge in [0, 0.05) is 31.6 Å². The van der Waals surface area contributed by atoms with Crippen LogP contribution in [0.4, 0.5) is 5.69 Å². The Morgan fingerprint density at radius 3 is 3.00 bits per heavy atom. The van der Waals surface area contributed by atoms with Gasteiger partial charge in [-0.25, -0.2) is 0 Å². The van der Waals surface area contributed by atoms with E-state index in [1.807, 2.05) is 31.2 Å². The molecule has 5 nitrogen and oxygen atoms in total. The van der Waals surface area contributed by atoms with Crippen LogP contribution in [0.2, 0.25) is 0 Å². The number of benzene rings is 1. The third kappa shape index (κ3) is 4.77. The van der Waals surface area contributed by atoms with Gasteiger partial charge in [0.2, 0.25) is 5.91 Å². The number of nitrogens with zero attached hydrogens (tertiary/aromatic N) is 1. The summed E-state index contributed by atoms with van der Waals surface area (Å²) in [5, 5.41) is 2.88. The Hall–Kier alpha value is -1.50. The molecular formula is C15H21N3O2S. The number of morpholine rings is 1. The Labute approximate surface area is 130 Å². The largest absolute Gasteiger partial charge is 0.389 e. The zero-order chi connectivity index (χ0) is 15.2. The van der Waals surface area contributed by atoms with Crippen molar-refractivity contribution in [2.24, 2.45) is 5.73 Å². The number of hydrogen-bond acceptors (Lipinski definition) is 4. The van der Waals surface area contributed by atoms with Crippen LogP contribution < -0.4 is 11.1 Å². The van der Waals surface area contributed by atoms with Gasteiger partial charge in [-0.2, -0.15) is 0 Å². The van der Waals surface area contributed by atoms with E-state index >= 15 is 0 Å². The van der Waals surface area contributed by atoms with Crippen LogP contribution in [0, 0.1) is 0 Å². The van der Waals surface area contributed by atoms with E-state index in [0.717, 1.165) is 26.2 Å². The van der Waals surface area contributed by atoms with Crippen LogP contribution in [0.3, 0.4) is 0 Å². The molecule has 6 heteroatoms. The molecule has 21 heavy (non-hydrogen) atoms. The lowest BCUT2D eigenvalue weighted by Gasteiger charge is -2.30. The van der Waals surface area contributed by atoms with Gasteiger partial charge < -0.3 is 15.8 Å². The lowest BCUT2D eigenvalue weighted by molar-refractivity contribution is -0.117. The Balaban J connectivity index is 1.86. The highest BCUT2D eigenvalue weighted by molar-refractivity contribution is 7.80. The maximum atomic E-state index is 12.1. The first-order valence-electron chi connectivity index (χ1n) is 7.09. The smallest absolute Gasteiger partial charge is 0.225 e. The van der Waals surface area contributed by atoms with Crippen molar-refractivity contribution < 1.29 is 9.53 Å². The normalized spacial score (nSPS) is 19.2. The number of amides is 1. The van der Waals surface area contributed by atoms with Crippen LogP contribution in [0.5, 0.6) is 0 Å². The number of nitrogens with one attached hydrogen (secondary N) is 1. The maximum absolute atomic E-state index is 12.1. The van der Waals surface area contributed by atoms with Gasteiger partial charge in [0.05, 0.1) is 18.4 Å². The molecule has 1 heterocycles. The van der Waals surface area contributed by atoms with Crippen LogP contribution in [0.25, 0.3) is 0 Å². The summed E-state index contributed by atoms with van der Waals surface area (Å²) in [5.74, 6) is -0.0298. The molecule has 114 valence electrons. The first-order chi connectivity index (χ1) is 10.1. The quantitative estimate of drug-likeness (QED) is 0.804. The fourth-order valence-electron chi connectivity index (χ4n) is 2.37. The first kappa shape index (κ1) is 15.9. The van der Waals surface area contributed by atoms with Crippen molar-refractivity contribution >= 4 is 28.8 Å². The molecule has 1 aliphatic heterocycles. The average Bonchev–Trinajstić information content (AvgIpc) is 2.45. The molecule has 0 radical (unpaired) electrons. The van der Waals surface area contributed by atoms with Crippen molar-refractivity contribution in [3.05, 3.63) is 29.8 Å². The van der Waals surface area contributed by atoms with Gasteiger partial charge in [-0.05, 0) is 19.1 Å². The van der Waals surface area contributed by atoms with E-state index in [-0.39, 0.29) is 17.0 Å². The monoisotopic (exact) mass is 307 g/mol. The SMILES string of the molecule is CC1CN(CCC(=O)Nc2ccccc2C(N)=S)CCO1. The third-order valence-electron chi connectivity index (χ3n) is 3.45. The van der Waals surface area contributed by atoms with Gasteiger partial charge in [-0.1, -0.05) is 24.4 Å². The number of nitrogens with two attached hydrogens (primary N) is 1. The minimum Gasteiger partial charge on any atom is -0.389 e. The summed E-state index contributed by atoms with van der Waals surface area (Å²) in [7, 11) is 0. The second-order valence-electron chi connectivity index (χ2n) is 5.19. The number of para-hydroxylation sites is 1. The summed E-state index contributed by atoms with van der Waals surface area (Å²) in [6, 6.07) is 7.31. The minimum absolute atomic E-state index is 0.0298. The van der Waals surface area contributed by atoms with Crippen molar-refractivity contribution in [2.45, 2.75) is 19.4 Å². The zero-order valence-corrected chi connectivity index (χ0v) is 13.0. The van der Waals surface area contributed by atoms with Gasteiger partial charge in [-0.3, -0.25) is 9.69 Å². The molecule has 1 aromatic rings. The molecule has 0 aromatic heterocycles. The van der Waals surface area contributed by atoms with E-state index in [4.69, 9.17) is 22.7 Å². The number of ether oxygens (including phenoxy) is 1. The fraction of sp³-hybridized carbons (Fsp3) is 0.467. The van der Waals surface area contributed by atoms with E-state index in [0.29, 0.717) is 17.7 Å². The van der Waals surface area contributed by atoms with E-state index < -0.39 is 0 Å². The lowest BCUT2D eigenvalue weighted by Crippen LogP contribution is -2.42. The second-order valence-corrected chi connectivity index (χ2v) is 5.63. The summed E-state index contributed by atoms with van der Waals surface area (Å²) in [6.45, 7) is 5.25. The molecular weight excluding hydrogens is 286 g/mol. The fourth-order valence-corrected chi connectivity index (χ4v) is 2.55. The van der Waals surface area contributed by atoms with Crippen LogP contribution in [0.1, 0.15) is 18.9 Å². The van der Waals surface area contributed by atoms with Gasteiger partial charge >= 0.3 is 0 Å². The van der Waals surface area contributed by atoms with Gasteiger partial charge in [0.15, 0.2) is 0 Å². The Morgan fingerprint density at radius 1 is 1.52 bits per heavy atom. The van der Waals surface area contributed by atoms with Crippen molar-refractivity contribution in [3.63, 3.8) is 0 Å². The highest BCUT2D eigenvalue weighted by Gasteiger charge is 2.17. The summed E-state index contributed by atoms with van der Waals surface area (Å²) in [5.41, 5.74) is 7.02. The van der Waals surface area contributed by atoms with Crippen LogP contribution >= 0.6 is 12.2 Å². The van der Waals surface area contributed by atoms with Crippen molar-refractivity contribution in [1.82, 2.24) is 4.90 Å². The number of rotatable bonds is 5. The van der Waals surface area contributed by atoms with Crippen molar-refractivity contribution in [1.29, 1.82) is 0 Å². The Kier molecular flexibility index (Phi) is 5.67. The molecule has 1 unspecified atom stereocenters. The molecule has 1 atom stereocenters. The summed E-state index contributed by atoms with van der Waals surface area (Å²) >= 11 is 4.99. The molecule has 0 saturated carbocycles. The average molecular weight is 307 g/mol. The molecule has 1 saturated heterocycles. The topological polar surface area (TPSA) is 67.6 Å². The second kappa shape index (κ2) is 7.49. The summed E-state index contributed by atoms with van der Waals surface area (Å²) < 4.78 is 5.48. The summed E-state index contributed by atoms with van der Waals surface area (Å²) in [4.78, 5) is 14.6. The molecule has 1 aliphatic rings. The van der Waals surface area contributed by atoms with E-state index in [9.17, 15) is 4.79 Å². The highest BCUT2D eigenvalue weighted by Crippen LogP contribution is 2.15. The molecule has 0 bridgehead atoms. The molecule has 0 aliphatic carbocycles. The summed E-state index contributed by atoms with van der Waals surface area (Å²) in [6.07, 6.45) is 0.676. The Morgan fingerprint density at radius 2 is 2.29 bits per heavy atom. The number of hydrogen-bond donors (Lipinski definition) is 2. The van der Waals surface area contributed by atoms with Crippen molar-refractivity contribution in [3.8, 4) is 0 Å². The minimum atomic E-state index is -0.0298. The van der Waals surface area contributed by atoms with Crippen LogP contribution in [-0.4, -0.2) is 48.1 Å². The van der Waals surface area contributed by atoms with E-state index in [2.05, 4.69) is 10.2 Å². The molecule has 1 aromatic carbocycles. The molecule has 3 N–H and O–H groups in total. The molecule has 2 rings (SSSR count). The molecule has 1 fully saturated rings. The molecule has 1 amide bonds. The number of carbonyl (C=O) groups is 1. The van der Waals surface area contributed by atoms with Crippen LogP contribution in [0.15, 0.2) is 24.3 Å². The number of carbonyl (C=O) groups excluding carboxylic acids is 1. The predicted molar refractivity (Wildman–Crippen MR) is 87.4 cm³/mol. The zero-order valence-electron chi connectivity index (χ0n) is 12.2. The number of anilines is 1. The lowest BCUT2D eigenvalue weighted by atomic mass is 10.1. The molecule has 0 spiro atoms. The predicted octanol–water partition coefficient (Wildman–Crippen LogP) is 1.37. The van der Waals surface area contributed by atoms with E-state index in [1.165, 1.54) is 0 Å². The van der Waals surface area contributed by atoms with Crippen LogP contribution in [-0.2, 0) is 9.53 Å². The first-order valence-corrected chi connectivity index (χ1v) is 7.49. The van der Waals surface area contributed by atoms with Gasteiger partial charge in [0.1, 0.15) is 4.99 Å². The van der Waals surface area contributed by atoms with E-state index in [1.54, 1.807) is 0 Å². The van der Waals surface area contributed by atoms with Crippen molar-refractivity contribution in [2.75, 3.05) is 31.6 Å². The van der Waals surface area contributed by atoms with Gasteiger partial charge in [0.25, 0.3) is 0 Å². The standard InChI is InChI=1S/C15H21N3O2S/c1-11-10-18(8-9-20-11)7-6-14(19)17-13-5-3-2-4-12(13)15(16)21/h2-5,11H,6-10H2,1H3,(H2,16,21)(H,17,19). The van der Waals surface area contributed by atoms with Gasteiger partial charge in [-0.15, -0.1) is 0 Å². The number of thiocarbonyl (C=S) groups is 1.